The van der Waals surface area contributed by atoms with Crippen molar-refractivity contribution in [1.29, 1.82) is 0 Å². The van der Waals surface area contributed by atoms with Crippen LogP contribution in [0.5, 0.6) is 11.5 Å². The minimum absolute atomic E-state index is 0.0992. The van der Waals surface area contributed by atoms with Crippen LogP contribution < -0.4 is 19.9 Å². The largest absolute Gasteiger partial charge is 0.457 e. The first-order valence-electron chi connectivity index (χ1n) is 14.4. The molecule has 3 aliphatic rings. The molecule has 2 atom stereocenters. The minimum atomic E-state index is -0.336. The standard InChI is InChI=1S/C31H36N6O5/c1-20-6-7-22-15-26(20)42-24-5-3-4-21(14-24)19-41-27-17-37(16-25(27)33-29(39)18-35(2)30(22)40)31-32-11-8-28(34-31)36-12-9-23(38)10-13-36/h3-8,11,14-15,23,25,27,38H,9-10,12-13,16-19H2,1-2H3,(H,33,39)/t25-,27-/m0/s1. The van der Waals surface area contributed by atoms with Crippen LogP contribution in [0, 0.1) is 6.92 Å². The van der Waals surface area contributed by atoms with Gasteiger partial charge in [-0.05, 0) is 61.2 Å². The van der Waals surface area contributed by atoms with Crippen molar-refractivity contribution in [3.05, 3.63) is 71.4 Å². The van der Waals surface area contributed by atoms with Gasteiger partial charge in [-0.25, -0.2) is 4.98 Å². The molecule has 2 fully saturated rings. The Morgan fingerprint density at radius 3 is 2.69 bits per heavy atom. The van der Waals surface area contributed by atoms with Crippen molar-refractivity contribution < 1.29 is 24.2 Å². The molecule has 0 aliphatic carbocycles. The predicted octanol–water partition coefficient (Wildman–Crippen LogP) is 2.51. The Hall–Kier alpha value is -4.22. The minimum Gasteiger partial charge on any atom is -0.457 e. The summed E-state index contributed by atoms with van der Waals surface area (Å²) >= 11 is 0. The van der Waals surface area contributed by atoms with Crippen molar-refractivity contribution >= 4 is 23.6 Å². The highest BCUT2D eigenvalue weighted by molar-refractivity contribution is 5.96. The fourth-order valence-corrected chi connectivity index (χ4v) is 5.64. The molecule has 11 nitrogen and oxygen atoms in total. The molecular weight excluding hydrogens is 536 g/mol. The van der Waals surface area contributed by atoms with E-state index in [4.69, 9.17) is 14.5 Å². The molecule has 4 bridgehead atoms. The van der Waals surface area contributed by atoms with Crippen LogP contribution in [0.2, 0.25) is 0 Å². The zero-order valence-electron chi connectivity index (χ0n) is 23.9. The third-order valence-electron chi connectivity index (χ3n) is 8.06. The Morgan fingerprint density at radius 1 is 1.02 bits per heavy atom. The average molecular weight is 573 g/mol. The number of hydrogen-bond donors (Lipinski definition) is 2. The second-order valence-corrected chi connectivity index (χ2v) is 11.3. The van der Waals surface area contributed by atoms with E-state index in [0.29, 0.717) is 55.5 Å². The number of hydrogen-bond acceptors (Lipinski definition) is 9. The maximum absolute atomic E-state index is 13.2. The molecule has 4 heterocycles. The number of nitrogens with zero attached hydrogens (tertiary/aromatic N) is 5. The lowest BCUT2D eigenvalue weighted by atomic mass is 10.1. The average Bonchev–Trinajstić information content (AvgIpc) is 3.39. The quantitative estimate of drug-likeness (QED) is 0.477. The van der Waals surface area contributed by atoms with Crippen LogP contribution in [0.3, 0.4) is 0 Å². The lowest BCUT2D eigenvalue weighted by molar-refractivity contribution is -0.123. The van der Waals surface area contributed by atoms with Crippen LogP contribution in [0.4, 0.5) is 11.8 Å². The Bertz CT molecular complexity index is 1460. The fraction of sp³-hybridized carbons (Fsp3) is 0.419. The van der Waals surface area contributed by atoms with Crippen molar-refractivity contribution in [2.45, 2.75) is 44.6 Å². The van der Waals surface area contributed by atoms with Crippen molar-refractivity contribution in [3.63, 3.8) is 0 Å². The van der Waals surface area contributed by atoms with Crippen LogP contribution in [0.15, 0.2) is 54.7 Å². The normalized spacial score (nSPS) is 22.0. The van der Waals surface area contributed by atoms with Gasteiger partial charge in [0.15, 0.2) is 0 Å². The number of ether oxygens (including phenoxy) is 2. The zero-order valence-corrected chi connectivity index (χ0v) is 23.9. The molecule has 220 valence electrons. The van der Waals surface area contributed by atoms with Gasteiger partial charge in [0.05, 0.1) is 31.4 Å². The number of anilines is 2. The van der Waals surface area contributed by atoms with Gasteiger partial charge in [-0.3, -0.25) is 9.59 Å². The van der Waals surface area contributed by atoms with Crippen molar-refractivity contribution in [2.24, 2.45) is 0 Å². The molecule has 3 aliphatic heterocycles. The zero-order chi connectivity index (χ0) is 29.2. The Morgan fingerprint density at radius 2 is 1.86 bits per heavy atom. The van der Waals surface area contributed by atoms with E-state index in [9.17, 15) is 14.7 Å². The first-order valence-corrected chi connectivity index (χ1v) is 14.4. The number of piperidine rings is 1. The summed E-state index contributed by atoms with van der Waals surface area (Å²) in [6, 6.07) is 14.5. The number of aliphatic hydroxyl groups is 1. The maximum atomic E-state index is 13.2. The topological polar surface area (TPSA) is 120 Å². The van der Waals surface area contributed by atoms with Gasteiger partial charge >= 0.3 is 0 Å². The molecule has 0 unspecified atom stereocenters. The number of fused-ring (bicyclic) bond motifs is 5. The van der Waals surface area contributed by atoms with E-state index in [1.54, 1.807) is 25.4 Å². The summed E-state index contributed by atoms with van der Waals surface area (Å²) in [7, 11) is 1.61. The van der Waals surface area contributed by atoms with Crippen LogP contribution in [0.1, 0.15) is 34.3 Å². The molecule has 0 radical (unpaired) electrons. The number of rotatable bonds is 2. The second kappa shape index (κ2) is 11.9. The number of nitrogens with one attached hydrogen (secondary N) is 1. The summed E-state index contributed by atoms with van der Waals surface area (Å²) in [6.45, 7) is 4.58. The number of aromatic nitrogens is 2. The lowest BCUT2D eigenvalue weighted by Crippen LogP contribution is -2.48. The highest BCUT2D eigenvalue weighted by Gasteiger charge is 2.36. The van der Waals surface area contributed by atoms with Crippen LogP contribution >= 0.6 is 0 Å². The molecule has 2 N–H and O–H groups in total. The van der Waals surface area contributed by atoms with Gasteiger partial charge in [0.25, 0.3) is 5.91 Å². The number of carbonyl (C=O) groups is 2. The van der Waals surface area contributed by atoms with E-state index < -0.39 is 0 Å². The third-order valence-corrected chi connectivity index (χ3v) is 8.06. The van der Waals surface area contributed by atoms with Crippen LogP contribution in [0.25, 0.3) is 0 Å². The molecule has 0 saturated carbocycles. The number of likely N-dealkylation sites (N-methyl/N-ethyl adjacent to an activating group) is 1. The second-order valence-electron chi connectivity index (χ2n) is 11.3. The van der Waals surface area contributed by atoms with Gasteiger partial charge in [0, 0.05) is 45.0 Å². The molecular formula is C31H36N6O5. The summed E-state index contributed by atoms with van der Waals surface area (Å²) in [6.07, 6.45) is 2.56. The Balaban J connectivity index is 1.25. The summed E-state index contributed by atoms with van der Waals surface area (Å²) in [5, 5.41) is 13.0. The van der Waals surface area contributed by atoms with E-state index >= 15 is 0 Å². The number of amides is 2. The molecule has 6 rings (SSSR count). The van der Waals surface area contributed by atoms with Crippen molar-refractivity contribution in [1.82, 2.24) is 20.2 Å². The van der Waals surface area contributed by atoms with E-state index in [1.807, 2.05) is 48.2 Å². The summed E-state index contributed by atoms with van der Waals surface area (Å²) in [5.74, 6) is 2.07. The van der Waals surface area contributed by atoms with Crippen LogP contribution in [-0.2, 0) is 16.1 Å². The first-order chi connectivity index (χ1) is 20.3. The Kier molecular flexibility index (Phi) is 7.94. The van der Waals surface area contributed by atoms with E-state index in [1.165, 1.54) is 4.90 Å². The van der Waals surface area contributed by atoms with Gasteiger partial charge in [-0.15, -0.1) is 0 Å². The Labute approximate surface area is 245 Å². The molecule has 11 heteroatoms. The highest BCUT2D eigenvalue weighted by atomic mass is 16.5. The third kappa shape index (κ3) is 6.17. The van der Waals surface area contributed by atoms with E-state index in [2.05, 4.69) is 15.2 Å². The molecule has 3 aromatic rings. The van der Waals surface area contributed by atoms with Gasteiger partial charge in [0.2, 0.25) is 11.9 Å². The smallest absolute Gasteiger partial charge is 0.254 e. The van der Waals surface area contributed by atoms with E-state index in [0.717, 1.165) is 30.0 Å². The molecule has 2 saturated heterocycles. The van der Waals surface area contributed by atoms with Crippen LogP contribution in [-0.4, -0.2) is 89.8 Å². The number of aliphatic hydroxyl groups excluding tert-OH is 1. The van der Waals surface area contributed by atoms with Gasteiger partial charge in [-0.1, -0.05) is 18.2 Å². The van der Waals surface area contributed by atoms with Gasteiger partial charge < -0.3 is 34.6 Å². The highest BCUT2D eigenvalue weighted by Crippen LogP contribution is 2.29. The number of aryl methyl sites for hydroxylation is 1. The first kappa shape index (κ1) is 27.9. The SMILES string of the molecule is Cc1ccc2cc1Oc1cccc(c1)CO[C@H]1CN(c3nccc(N4CCC(O)CC4)n3)C[C@@H]1NC(=O)CN(C)C2=O. The van der Waals surface area contributed by atoms with Crippen molar-refractivity contribution in [3.8, 4) is 11.5 Å². The molecule has 2 aromatic carbocycles. The lowest BCUT2D eigenvalue weighted by Gasteiger charge is -2.31. The number of benzene rings is 2. The molecule has 2 amide bonds. The maximum Gasteiger partial charge on any atom is 0.254 e. The fourth-order valence-electron chi connectivity index (χ4n) is 5.64. The molecule has 1 aromatic heterocycles. The molecule has 0 spiro atoms. The van der Waals surface area contributed by atoms with Gasteiger partial charge in [-0.2, -0.15) is 4.98 Å². The summed E-state index contributed by atoms with van der Waals surface area (Å²) in [4.78, 5) is 41.3. The van der Waals surface area contributed by atoms with Crippen molar-refractivity contribution in [2.75, 3.05) is 49.6 Å². The van der Waals surface area contributed by atoms with E-state index in [-0.39, 0.29) is 36.6 Å². The number of carbonyl (C=O) groups excluding carboxylic acids is 2. The summed E-state index contributed by atoms with van der Waals surface area (Å²) in [5.41, 5.74) is 2.27. The predicted molar refractivity (Wildman–Crippen MR) is 157 cm³/mol. The monoisotopic (exact) mass is 572 g/mol. The molecule has 42 heavy (non-hydrogen) atoms. The summed E-state index contributed by atoms with van der Waals surface area (Å²) < 4.78 is 12.6. The van der Waals surface area contributed by atoms with Gasteiger partial charge in [0.1, 0.15) is 17.3 Å².